The van der Waals surface area contributed by atoms with E-state index >= 15 is 0 Å². The Hall–Kier alpha value is -1.68. The van der Waals surface area contributed by atoms with E-state index in [0.717, 1.165) is 24.2 Å². The smallest absolute Gasteiger partial charge is 0.235 e. The van der Waals surface area contributed by atoms with Gasteiger partial charge in [0.2, 0.25) is 11.6 Å². The molecule has 0 fully saturated rings. The van der Waals surface area contributed by atoms with Gasteiger partial charge in [0.25, 0.3) is 0 Å². The number of carbonyl (C=O) groups is 2. The average molecular weight is 204 g/mol. The van der Waals surface area contributed by atoms with Gasteiger partial charge in [-0.3, -0.25) is 9.59 Å². The van der Waals surface area contributed by atoms with E-state index in [2.05, 4.69) is 10.3 Å². The summed E-state index contributed by atoms with van der Waals surface area (Å²) < 4.78 is 0. The Morgan fingerprint density at radius 3 is 2.87 bits per heavy atom. The molecule has 4 nitrogen and oxygen atoms in total. The van der Waals surface area contributed by atoms with E-state index in [4.69, 9.17) is 0 Å². The predicted octanol–water partition coefficient (Wildman–Crippen LogP) is 0.555. The molecule has 0 saturated carbocycles. The van der Waals surface area contributed by atoms with Crippen LogP contribution in [0.2, 0.25) is 0 Å². The van der Waals surface area contributed by atoms with Crippen LogP contribution >= 0.6 is 0 Å². The van der Waals surface area contributed by atoms with Gasteiger partial charge in [0.15, 0.2) is 0 Å². The van der Waals surface area contributed by atoms with E-state index in [-0.39, 0.29) is 0 Å². The van der Waals surface area contributed by atoms with Gasteiger partial charge in [-0.05, 0) is 37.7 Å². The minimum Gasteiger partial charge on any atom is -0.361 e. The number of allylic oxidation sites excluding steroid dienone is 1. The molecule has 2 N–H and O–H groups in total. The molecule has 4 heteroatoms. The highest BCUT2D eigenvalue weighted by Crippen LogP contribution is 2.21. The zero-order valence-electron chi connectivity index (χ0n) is 8.46. The van der Waals surface area contributed by atoms with Crippen molar-refractivity contribution in [2.45, 2.75) is 6.42 Å². The topological polar surface area (TPSA) is 62.0 Å². The highest BCUT2D eigenvalue weighted by Gasteiger charge is 2.24. The fraction of sp³-hybridized carbons (Fsp3) is 0.273. The van der Waals surface area contributed by atoms with Gasteiger partial charge in [0.1, 0.15) is 0 Å². The van der Waals surface area contributed by atoms with Crippen molar-refractivity contribution in [3.05, 3.63) is 29.1 Å². The van der Waals surface area contributed by atoms with Crippen LogP contribution < -0.4 is 5.32 Å². The Labute approximate surface area is 87.4 Å². The third kappa shape index (κ3) is 1.64. The number of hydrogen-bond donors (Lipinski definition) is 2. The Kier molecular flexibility index (Phi) is 2.51. The number of hydrogen-bond acceptors (Lipinski definition) is 3. The first-order valence-corrected chi connectivity index (χ1v) is 4.85. The second-order valence-electron chi connectivity index (χ2n) is 3.48. The van der Waals surface area contributed by atoms with Crippen LogP contribution in [0.5, 0.6) is 0 Å². The molecule has 1 aliphatic rings. The predicted molar refractivity (Wildman–Crippen MR) is 56.8 cm³/mol. The molecule has 1 aromatic heterocycles. The molecular weight excluding hydrogens is 192 g/mol. The van der Waals surface area contributed by atoms with Crippen LogP contribution in [0.25, 0.3) is 6.08 Å². The monoisotopic (exact) mass is 204 g/mol. The number of aromatic amines is 1. The number of Topliss-reactive ketones (excluding diaryl/α,β-unsaturated/α-hetero) is 1. The molecule has 0 spiro atoms. The normalized spacial score (nSPS) is 14.5. The van der Waals surface area contributed by atoms with Crippen molar-refractivity contribution in [3.8, 4) is 0 Å². The summed E-state index contributed by atoms with van der Waals surface area (Å²) >= 11 is 0. The molecule has 1 heterocycles. The van der Waals surface area contributed by atoms with Crippen molar-refractivity contribution in [2.75, 3.05) is 13.6 Å². The quantitative estimate of drug-likeness (QED) is 0.707. The van der Waals surface area contributed by atoms with Gasteiger partial charge in [-0.2, -0.15) is 0 Å². The number of aromatic nitrogens is 1. The summed E-state index contributed by atoms with van der Waals surface area (Å²) in [6.45, 7) is 0.787. The number of H-pyrrole nitrogens is 1. The molecule has 78 valence electrons. The van der Waals surface area contributed by atoms with Crippen molar-refractivity contribution >= 4 is 17.6 Å². The Balaban J connectivity index is 2.37. The van der Waals surface area contributed by atoms with Crippen molar-refractivity contribution in [1.29, 1.82) is 0 Å². The fourth-order valence-corrected chi connectivity index (χ4v) is 1.70. The number of carbonyl (C=O) groups excluding carboxylic acids is 2. The average Bonchev–Trinajstić information content (AvgIpc) is 2.64. The lowest BCUT2D eigenvalue weighted by molar-refractivity contribution is -0.110. The molecule has 0 saturated heterocycles. The maximum Gasteiger partial charge on any atom is 0.235 e. The van der Waals surface area contributed by atoms with Crippen LogP contribution in [0.15, 0.2) is 12.3 Å². The molecule has 1 aromatic rings. The molecule has 0 radical (unpaired) electrons. The van der Waals surface area contributed by atoms with Gasteiger partial charge >= 0.3 is 0 Å². The zero-order valence-corrected chi connectivity index (χ0v) is 8.46. The van der Waals surface area contributed by atoms with Crippen LogP contribution in [-0.2, 0) is 11.2 Å². The summed E-state index contributed by atoms with van der Waals surface area (Å²) in [5.74, 6) is -0.840. The van der Waals surface area contributed by atoms with E-state index in [1.165, 1.54) is 6.08 Å². The number of nitrogens with one attached hydrogen (secondary N) is 2. The van der Waals surface area contributed by atoms with Gasteiger partial charge in [0.05, 0.1) is 5.56 Å². The van der Waals surface area contributed by atoms with Gasteiger partial charge in [-0.25, -0.2) is 0 Å². The molecule has 0 aromatic carbocycles. The van der Waals surface area contributed by atoms with Crippen molar-refractivity contribution in [1.82, 2.24) is 10.3 Å². The zero-order chi connectivity index (χ0) is 10.8. The van der Waals surface area contributed by atoms with E-state index in [0.29, 0.717) is 5.56 Å². The molecule has 0 amide bonds. The SMILES string of the molecule is CNCCc1c[nH]c2c1C(=O)C(=O)C=C2. The molecule has 0 atom stereocenters. The molecule has 0 aliphatic heterocycles. The molecule has 0 bridgehead atoms. The summed E-state index contributed by atoms with van der Waals surface area (Å²) in [5, 5.41) is 3.01. The van der Waals surface area contributed by atoms with E-state index in [1.807, 2.05) is 7.05 Å². The Bertz CT molecular complexity index is 443. The first-order valence-electron chi connectivity index (χ1n) is 4.85. The molecule has 1 aliphatic carbocycles. The van der Waals surface area contributed by atoms with Crippen LogP contribution in [0.3, 0.4) is 0 Å². The summed E-state index contributed by atoms with van der Waals surface area (Å²) in [4.78, 5) is 25.8. The third-order valence-electron chi connectivity index (χ3n) is 2.49. The largest absolute Gasteiger partial charge is 0.361 e. The van der Waals surface area contributed by atoms with Crippen molar-refractivity contribution in [3.63, 3.8) is 0 Å². The second-order valence-corrected chi connectivity index (χ2v) is 3.48. The van der Waals surface area contributed by atoms with Gasteiger partial charge in [0, 0.05) is 11.9 Å². The van der Waals surface area contributed by atoms with E-state index < -0.39 is 11.6 Å². The van der Waals surface area contributed by atoms with Crippen molar-refractivity contribution < 1.29 is 9.59 Å². The first-order chi connectivity index (χ1) is 7.24. The third-order valence-corrected chi connectivity index (χ3v) is 2.49. The maximum atomic E-state index is 11.6. The van der Waals surface area contributed by atoms with Crippen LogP contribution in [0.1, 0.15) is 21.6 Å². The van der Waals surface area contributed by atoms with Crippen LogP contribution in [0, 0.1) is 0 Å². The van der Waals surface area contributed by atoms with Crippen LogP contribution in [0.4, 0.5) is 0 Å². The summed E-state index contributed by atoms with van der Waals surface area (Å²) in [5.41, 5.74) is 2.19. The maximum absolute atomic E-state index is 11.6. The minimum atomic E-state index is -0.437. The standard InChI is InChI=1S/C11H12N2O2/c1-12-5-4-7-6-13-8-2-3-9(14)11(15)10(7)8/h2-3,6,12-13H,4-5H2,1H3. The highest BCUT2D eigenvalue weighted by molar-refractivity contribution is 6.50. The van der Waals surface area contributed by atoms with E-state index in [1.54, 1.807) is 12.3 Å². The molecule has 15 heavy (non-hydrogen) atoms. The van der Waals surface area contributed by atoms with Gasteiger partial charge < -0.3 is 10.3 Å². The number of rotatable bonds is 3. The lowest BCUT2D eigenvalue weighted by atomic mass is 9.97. The Morgan fingerprint density at radius 1 is 1.33 bits per heavy atom. The van der Waals surface area contributed by atoms with Crippen molar-refractivity contribution in [2.24, 2.45) is 0 Å². The van der Waals surface area contributed by atoms with Gasteiger partial charge in [-0.1, -0.05) is 0 Å². The number of likely N-dealkylation sites (N-methyl/N-ethyl adjacent to an activating group) is 1. The summed E-state index contributed by atoms with van der Waals surface area (Å²) in [6.07, 6.45) is 5.50. The lowest BCUT2D eigenvalue weighted by Gasteiger charge is -2.05. The summed E-state index contributed by atoms with van der Waals surface area (Å²) in [7, 11) is 1.85. The summed E-state index contributed by atoms with van der Waals surface area (Å²) in [6, 6.07) is 0. The molecular formula is C11H12N2O2. The fourth-order valence-electron chi connectivity index (χ4n) is 1.70. The number of ketones is 2. The molecule has 2 rings (SSSR count). The Morgan fingerprint density at radius 2 is 2.13 bits per heavy atom. The lowest BCUT2D eigenvalue weighted by Crippen LogP contribution is -2.18. The molecule has 0 unspecified atom stereocenters. The van der Waals surface area contributed by atoms with Crippen LogP contribution in [-0.4, -0.2) is 30.1 Å². The number of fused-ring (bicyclic) bond motifs is 1. The second kappa shape index (κ2) is 3.82. The minimum absolute atomic E-state index is 0.403. The van der Waals surface area contributed by atoms with Gasteiger partial charge in [-0.15, -0.1) is 0 Å². The first kappa shape index (κ1) is 9.86. The highest BCUT2D eigenvalue weighted by atomic mass is 16.2. The van der Waals surface area contributed by atoms with E-state index in [9.17, 15) is 9.59 Å².